The number of rotatable bonds is 3. The van der Waals surface area contributed by atoms with Crippen molar-refractivity contribution in [3.8, 4) is 11.1 Å². The van der Waals surface area contributed by atoms with Crippen LogP contribution in [0.1, 0.15) is 0 Å². The van der Waals surface area contributed by atoms with E-state index in [9.17, 15) is 12.8 Å². The van der Waals surface area contributed by atoms with Crippen molar-refractivity contribution in [2.24, 2.45) is 4.40 Å². The first-order valence-electron chi connectivity index (χ1n) is 5.12. The molecule has 0 radical (unpaired) electrons. The Morgan fingerprint density at radius 2 is 1.72 bits per heavy atom. The van der Waals surface area contributed by atoms with E-state index >= 15 is 0 Å². The van der Waals surface area contributed by atoms with Crippen LogP contribution in [0.2, 0.25) is 0 Å². The largest absolute Gasteiger partial charge is 0.282 e. The Bertz CT molecular complexity index is 681. The van der Waals surface area contributed by atoms with Crippen LogP contribution in [0.15, 0.2) is 57.8 Å². The molecule has 3 nitrogen and oxygen atoms in total. The van der Waals surface area contributed by atoms with Gasteiger partial charge >= 0.3 is 0 Å². The van der Waals surface area contributed by atoms with Crippen molar-refractivity contribution in [3.63, 3.8) is 0 Å². The highest BCUT2D eigenvalue weighted by Crippen LogP contribution is 2.28. The topological polar surface area (TPSA) is 46.5 Å². The van der Waals surface area contributed by atoms with Gasteiger partial charge in [-0.15, -0.1) is 0 Å². The van der Waals surface area contributed by atoms with E-state index in [1.165, 1.54) is 12.1 Å². The predicted molar refractivity (Wildman–Crippen MR) is 68.6 cm³/mol. The standard InChI is InChI=1S/C13H10FNO2S/c1-15-18(16,17)13-8-7-11(14)9-12(13)10-5-3-2-4-6-10/h2-9H,1H2. The third-order valence-corrected chi connectivity index (χ3v) is 3.73. The van der Waals surface area contributed by atoms with Crippen LogP contribution in [0.25, 0.3) is 11.1 Å². The molecule has 0 aliphatic carbocycles. The average Bonchev–Trinajstić information content (AvgIpc) is 2.39. The normalized spacial score (nSPS) is 11.2. The summed E-state index contributed by atoms with van der Waals surface area (Å²) >= 11 is 0. The molecule has 0 saturated carbocycles. The van der Waals surface area contributed by atoms with Gasteiger partial charge in [0.05, 0.1) is 4.90 Å². The summed E-state index contributed by atoms with van der Waals surface area (Å²) < 4.78 is 39.9. The van der Waals surface area contributed by atoms with Crippen molar-refractivity contribution < 1.29 is 12.8 Å². The number of sulfonamides is 1. The van der Waals surface area contributed by atoms with E-state index in [1.54, 1.807) is 30.3 Å². The van der Waals surface area contributed by atoms with Gasteiger partial charge in [0.1, 0.15) is 5.82 Å². The second kappa shape index (κ2) is 4.70. The molecule has 2 aromatic carbocycles. The third kappa shape index (κ3) is 2.31. The highest BCUT2D eigenvalue weighted by molar-refractivity contribution is 7.90. The maximum Gasteiger partial charge on any atom is 0.282 e. The van der Waals surface area contributed by atoms with E-state index in [0.29, 0.717) is 5.56 Å². The maximum atomic E-state index is 13.3. The maximum absolute atomic E-state index is 13.3. The van der Waals surface area contributed by atoms with Gasteiger partial charge in [-0.25, -0.2) is 4.39 Å². The molecule has 0 fully saturated rings. The van der Waals surface area contributed by atoms with Gasteiger partial charge < -0.3 is 0 Å². The molecule has 92 valence electrons. The molecule has 0 amide bonds. The van der Waals surface area contributed by atoms with Gasteiger partial charge in [0.25, 0.3) is 10.0 Å². The Kier molecular flexibility index (Phi) is 3.25. The van der Waals surface area contributed by atoms with Crippen LogP contribution in [0.4, 0.5) is 4.39 Å². The second-order valence-corrected chi connectivity index (χ2v) is 5.26. The first-order valence-corrected chi connectivity index (χ1v) is 6.56. The first kappa shape index (κ1) is 12.4. The summed E-state index contributed by atoms with van der Waals surface area (Å²) in [7, 11) is -3.85. The fraction of sp³-hybridized carbons (Fsp3) is 0. The summed E-state index contributed by atoms with van der Waals surface area (Å²) in [6.07, 6.45) is 0. The molecule has 18 heavy (non-hydrogen) atoms. The molecule has 0 unspecified atom stereocenters. The van der Waals surface area contributed by atoms with Gasteiger partial charge in [-0.1, -0.05) is 30.3 Å². The van der Waals surface area contributed by atoms with E-state index in [1.807, 2.05) is 0 Å². The quantitative estimate of drug-likeness (QED) is 0.799. The molecule has 0 atom stereocenters. The lowest BCUT2D eigenvalue weighted by molar-refractivity contribution is 0.597. The number of benzene rings is 2. The van der Waals surface area contributed by atoms with Crippen LogP contribution in [-0.4, -0.2) is 15.1 Å². The van der Waals surface area contributed by atoms with Crippen molar-refractivity contribution in [1.29, 1.82) is 0 Å². The Hall–Kier alpha value is -2.01. The number of halogens is 1. The summed E-state index contributed by atoms with van der Waals surface area (Å²) in [5, 5.41) is 0. The summed E-state index contributed by atoms with van der Waals surface area (Å²) in [6.45, 7) is 3.03. The summed E-state index contributed by atoms with van der Waals surface area (Å²) in [5.74, 6) is -0.503. The van der Waals surface area contributed by atoms with Gasteiger partial charge in [0.15, 0.2) is 0 Å². The minimum absolute atomic E-state index is 0.0508. The van der Waals surface area contributed by atoms with Gasteiger partial charge in [0.2, 0.25) is 0 Å². The third-order valence-electron chi connectivity index (χ3n) is 2.47. The van der Waals surface area contributed by atoms with E-state index in [-0.39, 0.29) is 10.5 Å². The molecule has 0 aliphatic rings. The zero-order chi connectivity index (χ0) is 13.2. The average molecular weight is 263 g/mol. The van der Waals surface area contributed by atoms with Crippen LogP contribution in [-0.2, 0) is 10.0 Å². The zero-order valence-electron chi connectivity index (χ0n) is 9.38. The minimum Gasteiger partial charge on any atom is -0.207 e. The fourth-order valence-electron chi connectivity index (χ4n) is 1.64. The van der Waals surface area contributed by atoms with Crippen molar-refractivity contribution in [2.75, 3.05) is 0 Å². The lowest BCUT2D eigenvalue weighted by atomic mass is 10.1. The number of hydrogen-bond acceptors (Lipinski definition) is 2. The van der Waals surface area contributed by atoms with Crippen molar-refractivity contribution in [2.45, 2.75) is 4.90 Å². The van der Waals surface area contributed by atoms with Crippen molar-refractivity contribution in [1.82, 2.24) is 0 Å². The molecular formula is C13H10FNO2S. The van der Waals surface area contributed by atoms with E-state index in [4.69, 9.17) is 0 Å². The molecule has 0 heterocycles. The Balaban J connectivity index is 2.74. The predicted octanol–water partition coefficient (Wildman–Crippen LogP) is 2.88. The Morgan fingerprint density at radius 1 is 1.06 bits per heavy atom. The van der Waals surface area contributed by atoms with Gasteiger partial charge in [-0.05, 0) is 23.8 Å². The molecule has 0 N–H and O–H groups in total. The van der Waals surface area contributed by atoms with Crippen LogP contribution in [0, 0.1) is 5.82 Å². The van der Waals surface area contributed by atoms with E-state index in [2.05, 4.69) is 11.1 Å². The lowest BCUT2D eigenvalue weighted by Gasteiger charge is -2.07. The van der Waals surface area contributed by atoms with E-state index < -0.39 is 15.8 Å². The second-order valence-electron chi connectivity index (χ2n) is 3.61. The van der Waals surface area contributed by atoms with Crippen LogP contribution >= 0.6 is 0 Å². The monoisotopic (exact) mass is 263 g/mol. The molecule has 0 aromatic heterocycles. The highest BCUT2D eigenvalue weighted by atomic mass is 32.2. The number of nitrogens with zero attached hydrogens (tertiary/aromatic N) is 1. The lowest BCUT2D eigenvalue weighted by Crippen LogP contribution is -1.99. The molecule has 2 aromatic rings. The van der Waals surface area contributed by atoms with Gasteiger partial charge in [-0.3, -0.25) is 0 Å². The van der Waals surface area contributed by atoms with Crippen molar-refractivity contribution in [3.05, 3.63) is 54.3 Å². The number of hydrogen-bond donors (Lipinski definition) is 0. The van der Waals surface area contributed by atoms with Crippen LogP contribution in [0.5, 0.6) is 0 Å². The first-order chi connectivity index (χ1) is 8.54. The molecular weight excluding hydrogens is 253 g/mol. The zero-order valence-corrected chi connectivity index (χ0v) is 10.2. The van der Waals surface area contributed by atoms with Crippen LogP contribution < -0.4 is 0 Å². The smallest absolute Gasteiger partial charge is 0.207 e. The SMILES string of the molecule is C=NS(=O)(=O)c1ccc(F)cc1-c1ccccc1. The molecule has 0 spiro atoms. The molecule has 0 saturated heterocycles. The van der Waals surface area contributed by atoms with Gasteiger partial charge in [-0.2, -0.15) is 12.8 Å². The Morgan fingerprint density at radius 3 is 2.33 bits per heavy atom. The molecule has 5 heteroatoms. The summed E-state index contributed by atoms with van der Waals surface area (Å²) in [6, 6.07) is 12.2. The van der Waals surface area contributed by atoms with Gasteiger partial charge in [0, 0.05) is 12.3 Å². The molecule has 0 aliphatic heterocycles. The Labute approximate surface area is 105 Å². The fourth-order valence-corrected chi connectivity index (χ4v) is 2.47. The van der Waals surface area contributed by atoms with Crippen molar-refractivity contribution >= 4 is 16.7 Å². The van der Waals surface area contributed by atoms with Crippen LogP contribution in [0.3, 0.4) is 0 Å². The minimum atomic E-state index is -3.85. The van der Waals surface area contributed by atoms with E-state index in [0.717, 1.165) is 6.07 Å². The molecule has 0 bridgehead atoms. The highest BCUT2D eigenvalue weighted by Gasteiger charge is 2.18. The molecule has 2 rings (SSSR count). The summed E-state index contributed by atoms with van der Waals surface area (Å²) in [4.78, 5) is -0.0508. The summed E-state index contributed by atoms with van der Waals surface area (Å²) in [5.41, 5.74) is 0.891.